The SMILES string of the molecule is COc1cc(C(=O)O)ccc1CCNC(=O)c1ccc(N2CCOCC2)cc1. The smallest absolute Gasteiger partial charge is 0.335 e. The number of benzene rings is 2. The summed E-state index contributed by atoms with van der Waals surface area (Å²) in [6.45, 7) is 3.58. The molecule has 1 heterocycles. The first-order valence-corrected chi connectivity index (χ1v) is 9.19. The highest BCUT2D eigenvalue weighted by Gasteiger charge is 2.13. The Hall–Kier alpha value is -3.06. The number of methoxy groups -OCH3 is 1. The van der Waals surface area contributed by atoms with E-state index in [0.717, 1.165) is 37.6 Å². The number of anilines is 1. The largest absolute Gasteiger partial charge is 0.496 e. The third-order valence-corrected chi connectivity index (χ3v) is 4.72. The molecule has 1 aliphatic rings. The van der Waals surface area contributed by atoms with Gasteiger partial charge in [-0.1, -0.05) is 6.07 Å². The summed E-state index contributed by atoms with van der Waals surface area (Å²) in [5.41, 5.74) is 2.70. The van der Waals surface area contributed by atoms with E-state index < -0.39 is 5.97 Å². The van der Waals surface area contributed by atoms with Crippen LogP contribution in [0.3, 0.4) is 0 Å². The van der Waals surface area contributed by atoms with Crippen LogP contribution in [0.15, 0.2) is 42.5 Å². The zero-order chi connectivity index (χ0) is 19.9. The average Bonchev–Trinajstić information content (AvgIpc) is 2.74. The van der Waals surface area contributed by atoms with Crippen molar-refractivity contribution in [1.82, 2.24) is 5.32 Å². The van der Waals surface area contributed by atoms with Gasteiger partial charge in [-0.15, -0.1) is 0 Å². The van der Waals surface area contributed by atoms with E-state index in [0.29, 0.717) is 24.3 Å². The zero-order valence-corrected chi connectivity index (χ0v) is 15.8. The number of hydrogen-bond donors (Lipinski definition) is 2. The second-order valence-corrected chi connectivity index (χ2v) is 6.48. The Balaban J connectivity index is 1.55. The quantitative estimate of drug-likeness (QED) is 0.761. The molecule has 7 nitrogen and oxygen atoms in total. The highest BCUT2D eigenvalue weighted by Crippen LogP contribution is 2.21. The van der Waals surface area contributed by atoms with E-state index in [4.69, 9.17) is 14.6 Å². The standard InChI is InChI=1S/C21H24N2O5/c1-27-19-14-17(21(25)26)3-2-15(19)8-9-22-20(24)16-4-6-18(7-5-16)23-10-12-28-13-11-23/h2-7,14H,8-13H2,1H3,(H,22,24)(H,25,26). The lowest BCUT2D eigenvalue weighted by Crippen LogP contribution is -2.36. The van der Waals surface area contributed by atoms with Crippen LogP contribution in [0.5, 0.6) is 5.75 Å². The Morgan fingerprint density at radius 3 is 2.43 bits per heavy atom. The van der Waals surface area contributed by atoms with Crippen LogP contribution in [0.25, 0.3) is 0 Å². The van der Waals surface area contributed by atoms with Gasteiger partial charge in [-0.05, 0) is 48.4 Å². The Labute approximate surface area is 163 Å². The number of amides is 1. The van der Waals surface area contributed by atoms with Crippen molar-refractivity contribution in [2.24, 2.45) is 0 Å². The normalized spacial score (nSPS) is 13.8. The van der Waals surface area contributed by atoms with Crippen LogP contribution >= 0.6 is 0 Å². The van der Waals surface area contributed by atoms with Gasteiger partial charge in [0.05, 0.1) is 25.9 Å². The molecule has 1 amide bonds. The molecule has 0 spiro atoms. The van der Waals surface area contributed by atoms with Crippen molar-refractivity contribution in [2.75, 3.05) is 44.9 Å². The number of hydrogen-bond acceptors (Lipinski definition) is 5. The maximum atomic E-state index is 12.4. The highest BCUT2D eigenvalue weighted by molar-refractivity contribution is 5.94. The van der Waals surface area contributed by atoms with Crippen LogP contribution in [-0.2, 0) is 11.2 Å². The Bertz CT molecular complexity index is 829. The molecule has 0 aromatic heterocycles. The molecular formula is C21H24N2O5. The van der Waals surface area contributed by atoms with Gasteiger partial charge in [-0.2, -0.15) is 0 Å². The number of ether oxygens (including phenoxy) is 2. The van der Waals surface area contributed by atoms with Crippen LogP contribution in [-0.4, -0.2) is 56.9 Å². The summed E-state index contributed by atoms with van der Waals surface area (Å²) in [5.74, 6) is -0.641. The van der Waals surface area contributed by atoms with Gasteiger partial charge >= 0.3 is 5.97 Å². The number of carbonyl (C=O) groups excluding carboxylic acids is 1. The van der Waals surface area contributed by atoms with Crippen molar-refractivity contribution in [3.63, 3.8) is 0 Å². The molecule has 2 aromatic rings. The van der Waals surface area contributed by atoms with Crippen LogP contribution in [0.2, 0.25) is 0 Å². The summed E-state index contributed by atoms with van der Waals surface area (Å²) in [7, 11) is 1.50. The lowest BCUT2D eigenvalue weighted by molar-refractivity contribution is 0.0696. The van der Waals surface area contributed by atoms with Crippen LogP contribution in [0.1, 0.15) is 26.3 Å². The summed E-state index contributed by atoms with van der Waals surface area (Å²) >= 11 is 0. The topological polar surface area (TPSA) is 88.1 Å². The van der Waals surface area contributed by atoms with Crippen LogP contribution < -0.4 is 15.0 Å². The Morgan fingerprint density at radius 1 is 1.11 bits per heavy atom. The third kappa shape index (κ3) is 4.80. The predicted octanol–water partition coefficient (Wildman–Crippen LogP) is 2.20. The summed E-state index contributed by atoms with van der Waals surface area (Å²) in [5, 5.41) is 11.9. The van der Waals surface area contributed by atoms with E-state index >= 15 is 0 Å². The maximum Gasteiger partial charge on any atom is 0.335 e. The third-order valence-electron chi connectivity index (χ3n) is 4.72. The molecule has 1 saturated heterocycles. The number of carboxylic acid groups (broad SMARTS) is 1. The molecule has 2 aromatic carbocycles. The molecule has 148 valence electrons. The molecule has 1 fully saturated rings. The van der Waals surface area contributed by atoms with Crippen LogP contribution in [0.4, 0.5) is 5.69 Å². The first-order valence-electron chi connectivity index (χ1n) is 9.19. The van der Waals surface area contributed by atoms with E-state index in [1.54, 1.807) is 6.07 Å². The number of nitrogens with zero attached hydrogens (tertiary/aromatic N) is 1. The molecule has 0 unspecified atom stereocenters. The minimum atomic E-state index is -1.00. The second-order valence-electron chi connectivity index (χ2n) is 6.48. The van der Waals surface area contributed by atoms with Crippen molar-refractivity contribution in [3.05, 3.63) is 59.2 Å². The molecule has 0 aliphatic carbocycles. The average molecular weight is 384 g/mol. The number of carboxylic acids is 1. The van der Waals surface area contributed by atoms with E-state index in [2.05, 4.69) is 10.2 Å². The summed E-state index contributed by atoms with van der Waals surface area (Å²) in [4.78, 5) is 25.6. The molecule has 0 radical (unpaired) electrons. The molecule has 2 N–H and O–H groups in total. The second kappa shape index (κ2) is 9.23. The Morgan fingerprint density at radius 2 is 1.79 bits per heavy atom. The minimum Gasteiger partial charge on any atom is -0.496 e. The van der Waals surface area contributed by atoms with Crippen molar-refractivity contribution in [2.45, 2.75) is 6.42 Å². The lowest BCUT2D eigenvalue weighted by atomic mass is 10.1. The summed E-state index contributed by atoms with van der Waals surface area (Å²) in [6.07, 6.45) is 0.542. The van der Waals surface area contributed by atoms with E-state index in [1.807, 2.05) is 24.3 Å². The molecule has 0 atom stereocenters. The van der Waals surface area contributed by atoms with E-state index in [1.165, 1.54) is 19.2 Å². The highest BCUT2D eigenvalue weighted by atomic mass is 16.5. The van der Waals surface area contributed by atoms with Gasteiger partial charge < -0.3 is 24.8 Å². The molecule has 0 saturated carbocycles. The van der Waals surface area contributed by atoms with Gasteiger partial charge in [0, 0.05) is 30.9 Å². The van der Waals surface area contributed by atoms with Gasteiger partial charge in [0.15, 0.2) is 0 Å². The van der Waals surface area contributed by atoms with Gasteiger partial charge in [-0.25, -0.2) is 4.79 Å². The zero-order valence-electron chi connectivity index (χ0n) is 15.8. The van der Waals surface area contributed by atoms with Gasteiger partial charge in [-0.3, -0.25) is 4.79 Å². The molecule has 7 heteroatoms. The molecule has 3 rings (SSSR count). The van der Waals surface area contributed by atoms with Gasteiger partial charge in [0.25, 0.3) is 5.91 Å². The fraction of sp³-hybridized carbons (Fsp3) is 0.333. The van der Waals surface area contributed by atoms with Crippen molar-refractivity contribution in [3.8, 4) is 5.75 Å². The fourth-order valence-corrected chi connectivity index (χ4v) is 3.14. The van der Waals surface area contributed by atoms with Crippen molar-refractivity contribution < 1.29 is 24.2 Å². The molecule has 0 bridgehead atoms. The maximum absolute atomic E-state index is 12.4. The number of rotatable bonds is 7. The Kier molecular flexibility index (Phi) is 6.49. The molecular weight excluding hydrogens is 360 g/mol. The van der Waals surface area contributed by atoms with E-state index in [9.17, 15) is 9.59 Å². The van der Waals surface area contributed by atoms with Crippen molar-refractivity contribution in [1.29, 1.82) is 0 Å². The number of morpholine rings is 1. The number of aromatic carboxylic acids is 1. The minimum absolute atomic E-state index is 0.144. The summed E-state index contributed by atoms with van der Waals surface area (Å²) < 4.78 is 10.6. The van der Waals surface area contributed by atoms with E-state index in [-0.39, 0.29) is 11.5 Å². The van der Waals surface area contributed by atoms with Gasteiger partial charge in [0.1, 0.15) is 5.75 Å². The first-order chi connectivity index (χ1) is 13.6. The van der Waals surface area contributed by atoms with Gasteiger partial charge in [0.2, 0.25) is 0 Å². The first kappa shape index (κ1) is 19.7. The lowest BCUT2D eigenvalue weighted by Gasteiger charge is -2.28. The van der Waals surface area contributed by atoms with Crippen LogP contribution in [0, 0.1) is 0 Å². The fourth-order valence-electron chi connectivity index (χ4n) is 3.14. The number of carbonyl (C=O) groups is 2. The predicted molar refractivity (Wildman–Crippen MR) is 105 cm³/mol. The van der Waals surface area contributed by atoms with Crippen molar-refractivity contribution >= 4 is 17.6 Å². The molecule has 28 heavy (non-hydrogen) atoms. The summed E-state index contributed by atoms with van der Waals surface area (Å²) in [6, 6.07) is 12.3. The monoisotopic (exact) mass is 384 g/mol. The number of nitrogens with one attached hydrogen (secondary N) is 1. The molecule has 1 aliphatic heterocycles.